The predicted molar refractivity (Wildman–Crippen MR) is 110 cm³/mol. The molecule has 0 radical (unpaired) electrons. The fourth-order valence-corrected chi connectivity index (χ4v) is 4.58. The number of hydrogen-bond donors (Lipinski definition) is 2. The summed E-state index contributed by atoms with van der Waals surface area (Å²) >= 11 is 0. The van der Waals surface area contributed by atoms with Crippen molar-refractivity contribution in [3.63, 3.8) is 0 Å². The molecule has 3 aromatic rings. The number of ether oxygens (including phenoxy) is 1. The molecule has 2 N–H and O–H groups in total. The highest BCUT2D eigenvalue weighted by atomic mass is 16.5. The van der Waals surface area contributed by atoms with Crippen LogP contribution >= 0.6 is 0 Å². The monoisotopic (exact) mass is 388 g/mol. The number of aromatic nitrogens is 2. The maximum Gasteiger partial charge on any atom is 0.246 e. The molecule has 148 valence electrons. The molecule has 2 aliphatic rings. The van der Waals surface area contributed by atoms with Crippen LogP contribution in [0.5, 0.6) is 0 Å². The molecule has 1 aromatic heterocycles. The van der Waals surface area contributed by atoms with Gasteiger partial charge < -0.3 is 10.1 Å². The number of nitrogens with one attached hydrogen (secondary N) is 2. The van der Waals surface area contributed by atoms with Crippen molar-refractivity contribution in [3.8, 4) is 11.3 Å². The van der Waals surface area contributed by atoms with Gasteiger partial charge >= 0.3 is 0 Å². The number of benzene rings is 2. The number of aromatic amines is 1. The number of piperidine rings is 1. The Bertz CT molecular complexity index is 988. The van der Waals surface area contributed by atoms with Crippen LogP contribution in [0.3, 0.4) is 0 Å². The molecule has 2 aromatic carbocycles. The lowest BCUT2D eigenvalue weighted by Gasteiger charge is -2.50. The summed E-state index contributed by atoms with van der Waals surface area (Å²) in [5.74, 6) is -0.0419. The molecule has 6 nitrogen and oxygen atoms in total. The lowest BCUT2D eigenvalue weighted by Crippen LogP contribution is -2.66. The molecule has 0 spiro atoms. The molecule has 0 aliphatic carbocycles. The van der Waals surface area contributed by atoms with Gasteiger partial charge in [-0.15, -0.1) is 0 Å². The number of nitrogens with zero attached hydrogens (tertiary/aromatic N) is 2. The fraction of sp³-hybridized carbons (Fsp3) is 0.304. The van der Waals surface area contributed by atoms with E-state index in [-0.39, 0.29) is 18.6 Å². The summed E-state index contributed by atoms with van der Waals surface area (Å²) < 4.78 is 6.04. The summed E-state index contributed by atoms with van der Waals surface area (Å²) in [4.78, 5) is 14.6. The number of morpholine rings is 1. The van der Waals surface area contributed by atoms with Crippen molar-refractivity contribution in [2.75, 3.05) is 19.7 Å². The standard InChI is InChI=1S/C23H24N4O2/c28-21-16-29-20-15-27(12-11-23(20,25-21)19-9-5-2-6-10-19)14-18-13-24-26-22(18)17-7-3-1-4-8-17/h1-10,13,20H,11-12,14-16H2,(H,24,26)(H,25,28)/t20-,23+/m1/s1. The van der Waals surface area contributed by atoms with Crippen LogP contribution in [0.15, 0.2) is 66.9 Å². The first-order valence-corrected chi connectivity index (χ1v) is 10.0. The van der Waals surface area contributed by atoms with E-state index >= 15 is 0 Å². The van der Waals surface area contributed by atoms with Gasteiger partial charge in [0.05, 0.1) is 23.5 Å². The number of fused-ring (bicyclic) bond motifs is 1. The van der Waals surface area contributed by atoms with Gasteiger partial charge in [-0.05, 0) is 17.5 Å². The van der Waals surface area contributed by atoms with Crippen molar-refractivity contribution in [3.05, 3.63) is 78.0 Å². The van der Waals surface area contributed by atoms with Gasteiger partial charge in [0.25, 0.3) is 0 Å². The summed E-state index contributed by atoms with van der Waals surface area (Å²) in [6, 6.07) is 20.5. The minimum Gasteiger partial charge on any atom is -0.364 e. The third-order valence-electron chi connectivity index (χ3n) is 6.04. The van der Waals surface area contributed by atoms with E-state index in [1.807, 2.05) is 42.6 Å². The van der Waals surface area contributed by atoms with Crippen molar-refractivity contribution in [1.82, 2.24) is 20.4 Å². The first-order chi connectivity index (χ1) is 14.2. The number of H-pyrrole nitrogens is 1. The minimum atomic E-state index is -0.453. The second-order valence-electron chi connectivity index (χ2n) is 7.81. The van der Waals surface area contributed by atoms with E-state index in [1.54, 1.807) is 0 Å². The minimum absolute atomic E-state index is 0.0419. The molecule has 3 heterocycles. The van der Waals surface area contributed by atoms with Crippen LogP contribution in [0.1, 0.15) is 17.5 Å². The topological polar surface area (TPSA) is 70.2 Å². The SMILES string of the molecule is O=C1CO[C@@H]2CN(Cc3cn[nH]c3-c3ccccc3)CC[C@@]2(c2ccccc2)N1. The van der Waals surface area contributed by atoms with E-state index in [4.69, 9.17) is 4.74 Å². The highest BCUT2D eigenvalue weighted by Gasteiger charge is 2.49. The van der Waals surface area contributed by atoms with Crippen LogP contribution in [-0.4, -0.2) is 46.8 Å². The zero-order chi connectivity index (χ0) is 19.7. The summed E-state index contributed by atoms with van der Waals surface area (Å²) in [6.07, 6.45) is 2.64. The number of carbonyl (C=O) groups excluding carboxylic acids is 1. The molecule has 1 amide bonds. The largest absolute Gasteiger partial charge is 0.364 e. The Kier molecular flexibility index (Phi) is 4.66. The van der Waals surface area contributed by atoms with E-state index in [1.165, 1.54) is 5.56 Å². The normalized spacial score (nSPS) is 24.7. The van der Waals surface area contributed by atoms with Crippen molar-refractivity contribution in [2.24, 2.45) is 0 Å². The van der Waals surface area contributed by atoms with Gasteiger partial charge in [-0.25, -0.2) is 0 Å². The molecule has 6 heteroatoms. The van der Waals surface area contributed by atoms with Gasteiger partial charge in [-0.3, -0.25) is 14.8 Å². The number of hydrogen-bond acceptors (Lipinski definition) is 4. The van der Waals surface area contributed by atoms with Gasteiger partial charge in [0.1, 0.15) is 6.61 Å². The average molecular weight is 388 g/mol. The second-order valence-corrected chi connectivity index (χ2v) is 7.81. The van der Waals surface area contributed by atoms with E-state index in [0.29, 0.717) is 0 Å². The molecule has 2 fully saturated rings. The van der Waals surface area contributed by atoms with Gasteiger partial charge in [0.15, 0.2) is 0 Å². The summed E-state index contributed by atoms with van der Waals surface area (Å²) in [5, 5.41) is 10.7. The fourth-order valence-electron chi connectivity index (χ4n) is 4.58. The Morgan fingerprint density at radius 2 is 1.86 bits per heavy atom. The zero-order valence-corrected chi connectivity index (χ0v) is 16.2. The highest BCUT2D eigenvalue weighted by molar-refractivity contribution is 5.79. The van der Waals surface area contributed by atoms with Crippen LogP contribution < -0.4 is 5.32 Å². The van der Waals surface area contributed by atoms with E-state index in [9.17, 15) is 4.79 Å². The molecule has 2 atom stereocenters. The van der Waals surface area contributed by atoms with Crippen molar-refractivity contribution in [2.45, 2.75) is 24.6 Å². The van der Waals surface area contributed by atoms with Crippen LogP contribution in [0.4, 0.5) is 0 Å². The van der Waals surface area contributed by atoms with Gasteiger partial charge in [-0.1, -0.05) is 60.7 Å². The van der Waals surface area contributed by atoms with Crippen molar-refractivity contribution >= 4 is 5.91 Å². The Labute approximate surface area is 169 Å². The third kappa shape index (κ3) is 3.34. The van der Waals surface area contributed by atoms with Crippen molar-refractivity contribution < 1.29 is 9.53 Å². The average Bonchev–Trinajstić information content (AvgIpc) is 3.23. The highest BCUT2D eigenvalue weighted by Crippen LogP contribution is 2.37. The van der Waals surface area contributed by atoms with E-state index in [2.05, 4.69) is 44.7 Å². The van der Waals surface area contributed by atoms with Gasteiger partial charge in [0, 0.05) is 25.2 Å². The zero-order valence-electron chi connectivity index (χ0n) is 16.2. The molecule has 0 bridgehead atoms. The number of carbonyl (C=O) groups is 1. The summed E-state index contributed by atoms with van der Waals surface area (Å²) in [5.41, 5.74) is 4.03. The van der Waals surface area contributed by atoms with Gasteiger partial charge in [0.2, 0.25) is 5.91 Å². The lowest BCUT2D eigenvalue weighted by atomic mass is 9.77. The first kappa shape index (κ1) is 18.1. The van der Waals surface area contributed by atoms with E-state index in [0.717, 1.165) is 42.9 Å². The van der Waals surface area contributed by atoms with Crippen LogP contribution in [0.25, 0.3) is 11.3 Å². The lowest BCUT2D eigenvalue weighted by molar-refractivity contribution is -0.152. The maximum absolute atomic E-state index is 12.2. The maximum atomic E-state index is 12.2. The smallest absolute Gasteiger partial charge is 0.246 e. The number of amides is 1. The third-order valence-corrected chi connectivity index (χ3v) is 6.04. The molecule has 5 rings (SSSR count). The Hall–Kier alpha value is -2.96. The van der Waals surface area contributed by atoms with E-state index < -0.39 is 5.54 Å². The predicted octanol–water partition coefficient (Wildman–Crippen LogP) is 2.69. The van der Waals surface area contributed by atoms with Gasteiger partial charge in [-0.2, -0.15) is 5.10 Å². The second kappa shape index (κ2) is 7.46. The van der Waals surface area contributed by atoms with Crippen LogP contribution in [0.2, 0.25) is 0 Å². The molecular formula is C23H24N4O2. The quantitative estimate of drug-likeness (QED) is 0.721. The Morgan fingerprint density at radius 3 is 2.66 bits per heavy atom. The first-order valence-electron chi connectivity index (χ1n) is 10.0. The van der Waals surface area contributed by atoms with Crippen molar-refractivity contribution in [1.29, 1.82) is 0 Å². The molecule has 0 saturated carbocycles. The molecule has 0 unspecified atom stereocenters. The Balaban J connectivity index is 1.38. The van der Waals surface area contributed by atoms with Crippen LogP contribution in [0, 0.1) is 0 Å². The Morgan fingerprint density at radius 1 is 1.10 bits per heavy atom. The molecule has 2 saturated heterocycles. The number of likely N-dealkylation sites (tertiary alicyclic amines) is 1. The molecule has 2 aliphatic heterocycles. The number of rotatable bonds is 4. The van der Waals surface area contributed by atoms with Crippen LogP contribution in [-0.2, 0) is 21.6 Å². The summed E-state index contributed by atoms with van der Waals surface area (Å²) in [7, 11) is 0. The summed E-state index contributed by atoms with van der Waals surface area (Å²) in [6.45, 7) is 2.54. The molecule has 29 heavy (non-hydrogen) atoms. The molecular weight excluding hydrogens is 364 g/mol.